The van der Waals surface area contributed by atoms with Gasteiger partial charge in [0, 0.05) is 25.2 Å². The van der Waals surface area contributed by atoms with Gasteiger partial charge >= 0.3 is 0 Å². The van der Waals surface area contributed by atoms with Gasteiger partial charge in [0.15, 0.2) is 0 Å². The number of hydrogen-bond acceptors (Lipinski definition) is 4. The number of nitrogens with one attached hydrogen (secondary N) is 1. The molecule has 2 rings (SSSR count). The molecule has 6 nitrogen and oxygen atoms in total. The highest BCUT2D eigenvalue weighted by atomic mass is 35.5. The Morgan fingerprint density at radius 3 is 2.80 bits per heavy atom. The molecule has 1 aliphatic rings. The van der Waals surface area contributed by atoms with Crippen LogP contribution in [0.5, 0.6) is 0 Å². The molecule has 0 aliphatic carbocycles. The van der Waals surface area contributed by atoms with Crippen LogP contribution in [0.3, 0.4) is 0 Å². The SMILES string of the molecule is Cc1cccc(C(=O)N2CCCNCC2)c1[N+](=O)[O-].Cl. The Morgan fingerprint density at radius 2 is 2.10 bits per heavy atom. The zero-order chi connectivity index (χ0) is 13.8. The van der Waals surface area contributed by atoms with E-state index < -0.39 is 4.92 Å². The predicted molar refractivity (Wildman–Crippen MR) is 78.5 cm³/mol. The number of rotatable bonds is 2. The van der Waals surface area contributed by atoms with Gasteiger partial charge in [0.05, 0.1) is 4.92 Å². The van der Waals surface area contributed by atoms with E-state index >= 15 is 0 Å². The molecule has 0 aromatic heterocycles. The molecule has 1 aliphatic heterocycles. The second-order valence-corrected chi connectivity index (χ2v) is 4.62. The summed E-state index contributed by atoms with van der Waals surface area (Å²) in [6.07, 6.45) is 0.866. The van der Waals surface area contributed by atoms with E-state index in [-0.39, 0.29) is 29.6 Å². The minimum Gasteiger partial charge on any atom is -0.337 e. The summed E-state index contributed by atoms with van der Waals surface area (Å²) in [6.45, 7) is 4.48. The highest BCUT2D eigenvalue weighted by Crippen LogP contribution is 2.24. The fraction of sp³-hybridized carbons (Fsp3) is 0.462. The van der Waals surface area contributed by atoms with Gasteiger partial charge in [-0.3, -0.25) is 14.9 Å². The Bertz CT molecular complexity index is 500. The quantitative estimate of drug-likeness (QED) is 0.667. The fourth-order valence-corrected chi connectivity index (χ4v) is 2.29. The Balaban J connectivity index is 0.00000200. The number of hydrogen-bond donors (Lipinski definition) is 1. The molecular formula is C13H18ClN3O3. The van der Waals surface area contributed by atoms with E-state index in [1.165, 1.54) is 6.07 Å². The van der Waals surface area contributed by atoms with Gasteiger partial charge in [0.2, 0.25) is 0 Å². The highest BCUT2D eigenvalue weighted by Gasteiger charge is 2.26. The number of benzene rings is 1. The number of nitrogens with zero attached hydrogens (tertiary/aromatic N) is 2. The van der Waals surface area contributed by atoms with Crippen molar-refractivity contribution < 1.29 is 9.72 Å². The average Bonchev–Trinajstić information content (AvgIpc) is 2.66. The van der Waals surface area contributed by atoms with E-state index in [9.17, 15) is 14.9 Å². The van der Waals surface area contributed by atoms with E-state index in [0.717, 1.165) is 19.5 Å². The highest BCUT2D eigenvalue weighted by molar-refractivity contribution is 5.98. The Kier molecular flexibility index (Phi) is 5.91. The lowest BCUT2D eigenvalue weighted by Gasteiger charge is -2.20. The van der Waals surface area contributed by atoms with Gasteiger partial charge in [-0.1, -0.05) is 12.1 Å². The molecule has 1 heterocycles. The fourth-order valence-electron chi connectivity index (χ4n) is 2.29. The first-order valence-electron chi connectivity index (χ1n) is 6.35. The van der Waals surface area contributed by atoms with Crippen molar-refractivity contribution in [3.8, 4) is 0 Å². The van der Waals surface area contributed by atoms with Crippen LogP contribution < -0.4 is 5.32 Å². The first kappa shape index (κ1) is 16.4. The van der Waals surface area contributed by atoms with Gasteiger partial charge in [-0.25, -0.2) is 0 Å². The molecule has 1 fully saturated rings. The molecule has 0 unspecified atom stereocenters. The van der Waals surface area contributed by atoms with Crippen LogP contribution in [0.2, 0.25) is 0 Å². The zero-order valence-corrected chi connectivity index (χ0v) is 12.1. The number of aryl methyl sites for hydroxylation is 1. The van der Waals surface area contributed by atoms with Gasteiger partial charge in [-0.05, 0) is 26.0 Å². The molecule has 1 aromatic rings. The Labute approximate surface area is 123 Å². The van der Waals surface area contributed by atoms with Crippen molar-refractivity contribution >= 4 is 24.0 Å². The summed E-state index contributed by atoms with van der Waals surface area (Å²) in [5.74, 6) is -0.251. The maximum atomic E-state index is 12.4. The van der Waals surface area contributed by atoms with Crippen molar-refractivity contribution in [1.29, 1.82) is 0 Å². The normalized spacial score (nSPS) is 15.2. The molecule has 1 aromatic carbocycles. The van der Waals surface area contributed by atoms with Crippen molar-refractivity contribution in [3.05, 3.63) is 39.4 Å². The molecule has 1 N–H and O–H groups in total. The van der Waals surface area contributed by atoms with Crippen LogP contribution in [0, 0.1) is 17.0 Å². The lowest BCUT2D eigenvalue weighted by atomic mass is 10.1. The molecule has 7 heteroatoms. The van der Waals surface area contributed by atoms with Crippen LogP contribution in [0.15, 0.2) is 18.2 Å². The topological polar surface area (TPSA) is 75.5 Å². The van der Waals surface area contributed by atoms with Crippen LogP contribution in [-0.4, -0.2) is 41.9 Å². The third-order valence-electron chi connectivity index (χ3n) is 3.28. The van der Waals surface area contributed by atoms with E-state index in [1.54, 1.807) is 24.0 Å². The number of para-hydroxylation sites is 1. The average molecular weight is 300 g/mol. The summed E-state index contributed by atoms with van der Waals surface area (Å²) in [7, 11) is 0. The molecule has 0 bridgehead atoms. The second-order valence-electron chi connectivity index (χ2n) is 4.62. The summed E-state index contributed by atoms with van der Waals surface area (Å²) < 4.78 is 0. The van der Waals surface area contributed by atoms with Crippen LogP contribution in [-0.2, 0) is 0 Å². The zero-order valence-electron chi connectivity index (χ0n) is 11.3. The Hall–Kier alpha value is -1.66. The van der Waals surface area contributed by atoms with Crippen LogP contribution >= 0.6 is 12.4 Å². The minimum atomic E-state index is -0.474. The largest absolute Gasteiger partial charge is 0.337 e. The van der Waals surface area contributed by atoms with Gasteiger partial charge < -0.3 is 10.2 Å². The van der Waals surface area contributed by atoms with Crippen LogP contribution in [0.25, 0.3) is 0 Å². The molecule has 110 valence electrons. The third kappa shape index (κ3) is 3.46. The van der Waals surface area contributed by atoms with Gasteiger partial charge in [0.25, 0.3) is 11.6 Å². The Morgan fingerprint density at radius 1 is 1.35 bits per heavy atom. The van der Waals surface area contributed by atoms with Crippen molar-refractivity contribution in [2.75, 3.05) is 26.2 Å². The lowest BCUT2D eigenvalue weighted by molar-refractivity contribution is -0.385. The standard InChI is InChI=1S/C13H17N3O3.ClH/c1-10-4-2-5-11(12(10)16(18)19)13(17)15-8-3-6-14-7-9-15;/h2,4-5,14H,3,6-9H2,1H3;1H. The van der Waals surface area contributed by atoms with Gasteiger partial charge in [-0.2, -0.15) is 0 Å². The number of amides is 1. The molecule has 0 spiro atoms. The first-order valence-corrected chi connectivity index (χ1v) is 6.35. The second kappa shape index (κ2) is 7.21. The molecule has 0 atom stereocenters. The molecule has 20 heavy (non-hydrogen) atoms. The summed E-state index contributed by atoms with van der Waals surface area (Å²) >= 11 is 0. The number of nitro benzene ring substituents is 1. The molecular weight excluding hydrogens is 282 g/mol. The first-order chi connectivity index (χ1) is 9.11. The summed E-state index contributed by atoms with van der Waals surface area (Å²) in [4.78, 5) is 24.8. The van der Waals surface area contributed by atoms with Crippen LogP contribution in [0.1, 0.15) is 22.3 Å². The number of carbonyl (C=O) groups is 1. The number of nitro groups is 1. The summed E-state index contributed by atoms with van der Waals surface area (Å²) in [6, 6.07) is 4.87. The summed E-state index contributed by atoms with van der Waals surface area (Å²) in [5, 5.41) is 14.3. The van der Waals surface area contributed by atoms with Crippen LogP contribution in [0.4, 0.5) is 5.69 Å². The van der Waals surface area contributed by atoms with E-state index in [4.69, 9.17) is 0 Å². The monoisotopic (exact) mass is 299 g/mol. The number of halogens is 1. The van der Waals surface area contributed by atoms with Gasteiger partial charge in [0.1, 0.15) is 5.56 Å². The van der Waals surface area contributed by atoms with Crippen molar-refractivity contribution in [2.45, 2.75) is 13.3 Å². The van der Waals surface area contributed by atoms with Crippen molar-refractivity contribution in [3.63, 3.8) is 0 Å². The molecule has 0 radical (unpaired) electrons. The molecule has 0 saturated carbocycles. The van der Waals surface area contributed by atoms with Gasteiger partial charge in [-0.15, -0.1) is 12.4 Å². The minimum absolute atomic E-state index is 0. The summed E-state index contributed by atoms with van der Waals surface area (Å²) in [5.41, 5.74) is 0.625. The number of carbonyl (C=O) groups excluding carboxylic acids is 1. The van der Waals surface area contributed by atoms with Crippen molar-refractivity contribution in [1.82, 2.24) is 10.2 Å². The maximum absolute atomic E-state index is 12.4. The molecule has 1 saturated heterocycles. The maximum Gasteiger partial charge on any atom is 0.285 e. The van der Waals surface area contributed by atoms with E-state index in [2.05, 4.69) is 5.32 Å². The van der Waals surface area contributed by atoms with E-state index in [1.807, 2.05) is 0 Å². The smallest absolute Gasteiger partial charge is 0.285 e. The van der Waals surface area contributed by atoms with E-state index in [0.29, 0.717) is 18.7 Å². The lowest BCUT2D eigenvalue weighted by Crippen LogP contribution is -2.34. The molecule has 1 amide bonds. The predicted octanol–water partition coefficient (Wildman–Crippen LogP) is 1.76. The van der Waals surface area contributed by atoms with Crippen molar-refractivity contribution in [2.24, 2.45) is 0 Å². The third-order valence-corrected chi connectivity index (χ3v) is 3.28.